The predicted molar refractivity (Wildman–Crippen MR) is 130 cm³/mol. The maximum atomic E-state index is 13.6. The fourth-order valence-electron chi connectivity index (χ4n) is 4.69. The summed E-state index contributed by atoms with van der Waals surface area (Å²) in [6.45, 7) is 4.56. The number of hydrogen-bond donors (Lipinski definition) is 1. The number of halogens is 1. The highest BCUT2D eigenvalue weighted by Crippen LogP contribution is 2.23. The number of ether oxygens (including phenoxy) is 1. The van der Waals surface area contributed by atoms with Gasteiger partial charge in [0, 0.05) is 44.0 Å². The largest absolute Gasteiger partial charge is 0.497 e. The van der Waals surface area contributed by atoms with Gasteiger partial charge in [0.15, 0.2) is 5.65 Å². The van der Waals surface area contributed by atoms with E-state index in [1.807, 2.05) is 35.8 Å². The summed E-state index contributed by atoms with van der Waals surface area (Å²) in [7, 11) is 1.64. The van der Waals surface area contributed by atoms with E-state index in [0.29, 0.717) is 43.0 Å². The van der Waals surface area contributed by atoms with Crippen LogP contribution in [0.5, 0.6) is 5.75 Å². The van der Waals surface area contributed by atoms with E-state index in [2.05, 4.69) is 15.3 Å². The Balaban J connectivity index is 1.47. The number of aryl methyl sites for hydroxylation is 1. The number of methoxy groups -OCH3 is 1. The van der Waals surface area contributed by atoms with Crippen LogP contribution >= 0.6 is 0 Å². The van der Waals surface area contributed by atoms with Crippen LogP contribution < -0.4 is 15.6 Å². The van der Waals surface area contributed by atoms with Gasteiger partial charge in [0.05, 0.1) is 18.9 Å². The van der Waals surface area contributed by atoms with Crippen molar-refractivity contribution in [3.05, 3.63) is 93.3 Å². The lowest BCUT2D eigenvalue weighted by molar-refractivity contribution is 0.102. The number of amides is 1. The lowest BCUT2D eigenvalue weighted by Gasteiger charge is -2.30. The second kappa shape index (κ2) is 9.34. The molecular weight excluding hydrogens is 449 g/mol. The fourth-order valence-corrected chi connectivity index (χ4v) is 4.69. The van der Waals surface area contributed by atoms with Gasteiger partial charge in [-0.05, 0) is 42.8 Å². The highest BCUT2D eigenvalue weighted by Gasteiger charge is 2.27. The number of carbonyl (C=O) groups is 1. The minimum Gasteiger partial charge on any atom is -0.497 e. The maximum absolute atomic E-state index is 13.6. The molecule has 0 bridgehead atoms. The van der Waals surface area contributed by atoms with Gasteiger partial charge in [-0.1, -0.05) is 18.2 Å². The van der Waals surface area contributed by atoms with Crippen molar-refractivity contribution in [2.45, 2.75) is 33.0 Å². The summed E-state index contributed by atoms with van der Waals surface area (Å²) in [4.78, 5) is 28.7. The Hall–Kier alpha value is -3.98. The SMILES string of the molecule is CCn1c2c(c(=O)n3ncc(C(=O)Nc4cccc(F)c4)c13)CN(Cc1ccc(OC)cc1)CC2. The molecule has 2 aromatic heterocycles. The van der Waals surface area contributed by atoms with E-state index in [1.165, 1.54) is 28.9 Å². The van der Waals surface area contributed by atoms with E-state index in [4.69, 9.17) is 4.74 Å². The maximum Gasteiger partial charge on any atom is 0.279 e. The molecular formula is C26H26FN5O3. The molecule has 0 spiro atoms. The number of fused-ring (bicyclic) bond motifs is 2. The van der Waals surface area contributed by atoms with Gasteiger partial charge in [-0.15, -0.1) is 0 Å². The number of rotatable bonds is 6. The molecule has 0 aliphatic carbocycles. The molecule has 35 heavy (non-hydrogen) atoms. The average Bonchev–Trinajstić information content (AvgIpc) is 3.31. The molecule has 5 rings (SSSR count). The monoisotopic (exact) mass is 475 g/mol. The topological polar surface area (TPSA) is 80.9 Å². The van der Waals surface area contributed by atoms with Gasteiger partial charge in [-0.3, -0.25) is 14.5 Å². The summed E-state index contributed by atoms with van der Waals surface area (Å²) in [6.07, 6.45) is 2.08. The number of aromatic nitrogens is 3. The van der Waals surface area contributed by atoms with E-state index in [9.17, 15) is 14.0 Å². The number of carbonyl (C=O) groups excluding carboxylic acids is 1. The summed E-state index contributed by atoms with van der Waals surface area (Å²) in [5.74, 6) is -0.0765. The van der Waals surface area contributed by atoms with Crippen molar-refractivity contribution >= 4 is 17.2 Å². The van der Waals surface area contributed by atoms with Crippen LogP contribution in [0.25, 0.3) is 5.65 Å². The standard InChI is InChI=1S/C26H26FN5O3/c1-3-31-23-11-12-30(15-17-7-9-20(35-2)10-8-17)16-22(23)26(34)32-25(31)21(14-28-32)24(33)29-19-6-4-5-18(27)13-19/h4-10,13-14H,3,11-12,15-16H2,1-2H3,(H,29,33). The van der Waals surface area contributed by atoms with E-state index >= 15 is 0 Å². The molecule has 0 fully saturated rings. The molecule has 3 heterocycles. The van der Waals surface area contributed by atoms with E-state index in [1.54, 1.807) is 13.2 Å². The van der Waals surface area contributed by atoms with Crippen molar-refractivity contribution in [1.29, 1.82) is 0 Å². The van der Waals surface area contributed by atoms with Crippen LogP contribution in [0.1, 0.15) is 34.1 Å². The first-order valence-corrected chi connectivity index (χ1v) is 11.5. The first kappa shape index (κ1) is 22.8. The number of benzene rings is 2. The summed E-state index contributed by atoms with van der Waals surface area (Å²) >= 11 is 0. The van der Waals surface area contributed by atoms with E-state index < -0.39 is 11.7 Å². The van der Waals surface area contributed by atoms with Crippen LogP contribution in [0.15, 0.2) is 59.5 Å². The molecule has 1 amide bonds. The van der Waals surface area contributed by atoms with Gasteiger partial charge in [0.1, 0.15) is 17.1 Å². The fraction of sp³-hybridized carbons (Fsp3) is 0.269. The first-order chi connectivity index (χ1) is 17.0. The highest BCUT2D eigenvalue weighted by atomic mass is 19.1. The number of hydrogen-bond acceptors (Lipinski definition) is 5. The van der Waals surface area contributed by atoms with Gasteiger partial charge < -0.3 is 14.6 Å². The minimum absolute atomic E-state index is 0.219. The molecule has 2 aromatic carbocycles. The molecule has 180 valence electrons. The molecule has 0 radical (unpaired) electrons. The summed E-state index contributed by atoms with van der Waals surface area (Å²) in [5, 5.41) is 6.97. The molecule has 1 aliphatic heterocycles. The van der Waals surface area contributed by atoms with Crippen LogP contribution in [-0.2, 0) is 26.1 Å². The van der Waals surface area contributed by atoms with Gasteiger partial charge in [0.25, 0.3) is 11.5 Å². The molecule has 1 N–H and O–H groups in total. The lowest BCUT2D eigenvalue weighted by Crippen LogP contribution is -2.38. The Kier molecular flexibility index (Phi) is 6.08. The van der Waals surface area contributed by atoms with Crippen molar-refractivity contribution in [3.63, 3.8) is 0 Å². The summed E-state index contributed by atoms with van der Waals surface area (Å²) in [5.41, 5.74) is 3.61. The minimum atomic E-state index is -0.443. The zero-order valence-electron chi connectivity index (χ0n) is 19.6. The molecule has 9 heteroatoms. The number of anilines is 1. The zero-order valence-corrected chi connectivity index (χ0v) is 19.6. The molecule has 0 saturated heterocycles. The predicted octanol–water partition coefficient (Wildman–Crippen LogP) is 3.47. The Morgan fingerprint density at radius 2 is 2.00 bits per heavy atom. The summed E-state index contributed by atoms with van der Waals surface area (Å²) in [6, 6.07) is 13.6. The molecule has 0 atom stereocenters. The average molecular weight is 476 g/mol. The van der Waals surface area contributed by atoms with Gasteiger partial charge in [0.2, 0.25) is 0 Å². The third kappa shape index (κ3) is 4.30. The molecule has 0 saturated carbocycles. The van der Waals surface area contributed by atoms with Crippen LogP contribution in [0.4, 0.5) is 10.1 Å². The van der Waals surface area contributed by atoms with Crippen LogP contribution in [0.2, 0.25) is 0 Å². The lowest BCUT2D eigenvalue weighted by atomic mass is 10.0. The highest BCUT2D eigenvalue weighted by molar-refractivity contribution is 6.08. The van der Waals surface area contributed by atoms with Crippen molar-refractivity contribution in [3.8, 4) is 5.75 Å². The Labute approximate surface area is 201 Å². The van der Waals surface area contributed by atoms with E-state index in [-0.39, 0.29) is 11.1 Å². The number of nitrogens with one attached hydrogen (secondary N) is 1. The normalized spacial score (nSPS) is 13.6. The van der Waals surface area contributed by atoms with E-state index in [0.717, 1.165) is 23.6 Å². The molecule has 1 aliphatic rings. The third-order valence-electron chi connectivity index (χ3n) is 6.38. The Morgan fingerprint density at radius 3 is 2.71 bits per heavy atom. The second-order valence-electron chi connectivity index (χ2n) is 8.54. The Morgan fingerprint density at radius 1 is 1.20 bits per heavy atom. The molecule has 0 unspecified atom stereocenters. The second-order valence-corrected chi connectivity index (χ2v) is 8.54. The van der Waals surface area contributed by atoms with Crippen molar-refractivity contribution < 1.29 is 13.9 Å². The van der Waals surface area contributed by atoms with Gasteiger partial charge in [-0.25, -0.2) is 4.39 Å². The van der Waals surface area contributed by atoms with Crippen molar-refractivity contribution in [2.75, 3.05) is 19.0 Å². The zero-order chi connectivity index (χ0) is 24.5. The first-order valence-electron chi connectivity index (χ1n) is 11.5. The van der Waals surface area contributed by atoms with Crippen LogP contribution in [-0.4, -0.2) is 38.6 Å². The quantitative estimate of drug-likeness (QED) is 0.462. The smallest absolute Gasteiger partial charge is 0.279 e. The Bertz CT molecular complexity index is 1460. The van der Waals surface area contributed by atoms with Gasteiger partial charge >= 0.3 is 0 Å². The molecule has 4 aromatic rings. The van der Waals surface area contributed by atoms with Crippen LogP contribution in [0.3, 0.4) is 0 Å². The van der Waals surface area contributed by atoms with Crippen LogP contribution in [0, 0.1) is 5.82 Å². The van der Waals surface area contributed by atoms with Crippen molar-refractivity contribution in [1.82, 2.24) is 19.1 Å². The third-order valence-corrected chi connectivity index (χ3v) is 6.38. The summed E-state index contributed by atoms with van der Waals surface area (Å²) < 4.78 is 22.1. The molecule has 8 nitrogen and oxygen atoms in total. The van der Waals surface area contributed by atoms with Crippen molar-refractivity contribution in [2.24, 2.45) is 0 Å². The number of nitrogens with zero attached hydrogens (tertiary/aromatic N) is 4. The van der Waals surface area contributed by atoms with Gasteiger partial charge in [-0.2, -0.15) is 9.61 Å².